The van der Waals surface area contributed by atoms with E-state index in [0.717, 1.165) is 13.0 Å². The number of nitrogens with zero attached hydrogens (tertiary/aromatic N) is 2. The highest BCUT2D eigenvalue weighted by Crippen LogP contribution is 2.19. The first-order valence-electron chi connectivity index (χ1n) is 6.71. The minimum absolute atomic E-state index is 0.499. The molecule has 118 valence electrons. The Bertz CT molecular complexity index is 457. The molecule has 1 aromatic carbocycles. The average Bonchev–Trinajstić information content (AvgIpc) is 2.44. The Morgan fingerprint density at radius 2 is 1.95 bits per heavy atom. The van der Waals surface area contributed by atoms with Crippen LogP contribution in [0.15, 0.2) is 18.2 Å². The van der Waals surface area contributed by atoms with Gasteiger partial charge in [0.25, 0.3) is 0 Å². The smallest absolute Gasteiger partial charge is 0.304 e. The first kappa shape index (κ1) is 17.5. The van der Waals surface area contributed by atoms with Gasteiger partial charge in [0.1, 0.15) is 0 Å². The normalized spacial score (nSPS) is 11.0. The number of hydrogen-bond donors (Lipinski definition) is 0. The highest BCUT2D eigenvalue weighted by Gasteiger charge is 2.15. The number of rotatable bonds is 10. The molecule has 0 aromatic heterocycles. The van der Waals surface area contributed by atoms with Crippen molar-refractivity contribution >= 4 is 5.69 Å². The maximum absolute atomic E-state index is 13.6. The van der Waals surface area contributed by atoms with Gasteiger partial charge in [-0.25, -0.2) is 0 Å². The van der Waals surface area contributed by atoms with Gasteiger partial charge in [0.2, 0.25) is 5.82 Å². The van der Waals surface area contributed by atoms with Crippen LogP contribution >= 0.6 is 0 Å². The molecule has 0 saturated heterocycles. The lowest BCUT2D eigenvalue weighted by Crippen LogP contribution is -2.28. The van der Waals surface area contributed by atoms with Crippen LogP contribution in [0.4, 0.5) is 10.1 Å². The second-order valence-corrected chi connectivity index (χ2v) is 4.66. The molecule has 6 nitrogen and oxygen atoms in total. The zero-order valence-electron chi connectivity index (χ0n) is 12.4. The van der Waals surface area contributed by atoms with Crippen LogP contribution in [0, 0.1) is 15.9 Å². The van der Waals surface area contributed by atoms with Crippen LogP contribution in [0.5, 0.6) is 0 Å². The van der Waals surface area contributed by atoms with E-state index < -0.39 is 16.4 Å². The molecule has 1 aromatic rings. The quantitative estimate of drug-likeness (QED) is 0.376. The summed E-state index contributed by atoms with van der Waals surface area (Å²) in [7, 11) is 3.27. The van der Waals surface area contributed by atoms with Crippen LogP contribution in [-0.4, -0.2) is 50.3 Å². The summed E-state index contributed by atoms with van der Waals surface area (Å²) >= 11 is 0. The van der Waals surface area contributed by atoms with Gasteiger partial charge in [0, 0.05) is 46.5 Å². The molecule has 0 heterocycles. The molecular weight excluding hydrogens is 279 g/mol. The Morgan fingerprint density at radius 3 is 2.52 bits per heavy atom. The predicted octanol–water partition coefficient (Wildman–Crippen LogP) is 2.22. The van der Waals surface area contributed by atoms with Crippen LogP contribution in [0.1, 0.15) is 12.0 Å². The summed E-state index contributed by atoms with van der Waals surface area (Å²) in [5, 5.41) is 10.6. The number of hydrogen-bond acceptors (Lipinski definition) is 5. The Labute approximate surface area is 123 Å². The van der Waals surface area contributed by atoms with Crippen molar-refractivity contribution in [2.75, 3.05) is 40.5 Å². The van der Waals surface area contributed by atoms with Crippen molar-refractivity contribution in [1.29, 1.82) is 0 Å². The Hall–Kier alpha value is -1.57. The molecule has 0 atom stereocenters. The zero-order chi connectivity index (χ0) is 15.7. The van der Waals surface area contributed by atoms with Crippen molar-refractivity contribution in [3.8, 4) is 0 Å². The van der Waals surface area contributed by atoms with Gasteiger partial charge in [-0.15, -0.1) is 0 Å². The van der Waals surface area contributed by atoms with E-state index in [1.165, 1.54) is 12.1 Å². The fourth-order valence-electron chi connectivity index (χ4n) is 1.98. The van der Waals surface area contributed by atoms with Crippen molar-refractivity contribution in [1.82, 2.24) is 4.90 Å². The van der Waals surface area contributed by atoms with E-state index in [1.54, 1.807) is 20.3 Å². The summed E-state index contributed by atoms with van der Waals surface area (Å²) < 4.78 is 23.7. The van der Waals surface area contributed by atoms with Gasteiger partial charge < -0.3 is 9.47 Å². The molecule has 0 fully saturated rings. The molecule has 0 spiro atoms. The highest BCUT2D eigenvalue weighted by molar-refractivity contribution is 5.34. The lowest BCUT2D eigenvalue weighted by atomic mass is 10.2. The fraction of sp³-hybridized carbons (Fsp3) is 0.571. The maximum Gasteiger partial charge on any atom is 0.304 e. The molecule has 0 saturated carbocycles. The monoisotopic (exact) mass is 300 g/mol. The van der Waals surface area contributed by atoms with Gasteiger partial charge >= 0.3 is 5.69 Å². The molecule has 0 aliphatic carbocycles. The molecule has 0 amide bonds. The average molecular weight is 300 g/mol. The minimum atomic E-state index is -0.805. The first-order valence-corrected chi connectivity index (χ1v) is 6.71. The molecule has 21 heavy (non-hydrogen) atoms. The number of ether oxygens (including phenoxy) is 2. The van der Waals surface area contributed by atoms with Crippen LogP contribution in [0.2, 0.25) is 0 Å². The van der Waals surface area contributed by atoms with Crippen LogP contribution in [-0.2, 0) is 16.0 Å². The number of methoxy groups -OCH3 is 2. The lowest BCUT2D eigenvalue weighted by molar-refractivity contribution is -0.387. The van der Waals surface area contributed by atoms with E-state index >= 15 is 0 Å². The third-order valence-corrected chi connectivity index (χ3v) is 3.05. The van der Waals surface area contributed by atoms with Gasteiger partial charge in [-0.3, -0.25) is 15.0 Å². The molecule has 0 radical (unpaired) electrons. The van der Waals surface area contributed by atoms with Gasteiger partial charge in [0.05, 0.1) is 11.5 Å². The first-order chi connectivity index (χ1) is 10.1. The second kappa shape index (κ2) is 9.38. The largest absolute Gasteiger partial charge is 0.385 e. The summed E-state index contributed by atoms with van der Waals surface area (Å²) in [6, 6.07) is 4.00. The summed E-state index contributed by atoms with van der Waals surface area (Å²) in [5.41, 5.74) is 0.202. The Kier molecular flexibility index (Phi) is 7.81. The van der Waals surface area contributed by atoms with Crippen LogP contribution < -0.4 is 0 Å². The number of nitro benzene ring substituents is 1. The van der Waals surface area contributed by atoms with E-state index in [1.807, 2.05) is 0 Å². The molecule has 1 rings (SSSR count). The predicted molar refractivity (Wildman–Crippen MR) is 76.7 cm³/mol. The van der Waals surface area contributed by atoms with Gasteiger partial charge in [-0.05, 0) is 18.1 Å². The molecule has 0 unspecified atom stereocenters. The maximum atomic E-state index is 13.6. The van der Waals surface area contributed by atoms with Crippen molar-refractivity contribution in [2.24, 2.45) is 0 Å². The van der Waals surface area contributed by atoms with Crippen molar-refractivity contribution in [2.45, 2.75) is 13.0 Å². The lowest BCUT2D eigenvalue weighted by Gasteiger charge is -2.21. The van der Waals surface area contributed by atoms with Gasteiger partial charge in [-0.2, -0.15) is 4.39 Å². The highest BCUT2D eigenvalue weighted by atomic mass is 19.1. The van der Waals surface area contributed by atoms with E-state index in [2.05, 4.69) is 4.90 Å². The van der Waals surface area contributed by atoms with E-state index in [9.17, 15) is 14.5 Å². The molecular formula is C14H21FN2O4. The third-order valence-electron chi connectivity index (χ3n) is 3.05. The standard InChI is InChI=1S/C14H21FN2O4/c1-20-8-3-6-16(7-9-21-2)11-12-4-5-14(17(18)19)13(15)10-12/h4-5,10H,3,6-9,11H2,1-2H3. The molecule has 0 aliphatic rings. The van der Waals surface area contributed by atoms with Crippen molar-refractivity contribution < 1.29 is 18.8 Å². The SMILES string of the molecule is COCCCN(CCOC)Cc1ccc([N+](=O)[O-])c(F)c1. The van der Waals surface area contributed by atoms with E-state index in [0.29, 0.717) is 31.9 Å². The molecule has 0 N–H and O–H groups in total. The Morgan fingerprint density at radius 1 is 1.24 bits per heavy atom. The summed E-state index contributed by atoms with van der Waals surface area (Å²) in [5.74, 6) is -0.805. The molecule has 0 aliphatic heterocycles. The topological polar surface area (TPSA) is 64.8 Å². The van der Waals surface area contributed by atoms with Crippen LogP contribution in [0.3, 0.4) is 0 Å². The van der Waals surface area contributed by atoms with Crippen molar-refractivity contribution in [3.05, 3.63) is 39.7 Å². The molecule has 0 bridgehead atoms. The summed E-state index contributed by atoms with van der Waals surface area (Å²) in [6.45, 7) is 3.23. The third kappa shape index (κ3) is 6.16. The van der Waals surface area contributed by atoms with Crippen molar-refractivity contribution in [3.63, 3.8) is 0 Å². The summed E-state index contributed by atoms with van der Waals surface area (Å²) in [6.07, 6.45) is 0.857. The number of nitro groups is 1. The van der Waals surface area contributed by atoms with E-state index in [4.69, 9.17) is 9.47 Å². The minimum Gasteiger partial charge on any atom is -0.385 e. The second-order valence-electron chi connectivity index (χ2n) is 4.66. The van der Waals surface area contributed by atoms with E-state index in [-0.39, 0.29) is 0 Å². The summed E-state index contributed by atoms with van der Waals surface area (Å²) in [4.78, 5) is 12.0. The van der Waals surface area contributed by atoms with Gasteiger partial charge in [0.15, 0.2) is 0 Å². The zero-order valence-corrected chi connectivity index (χ0v) is 12.4. The van der Waals surface area contributed by atoms with Crippen LogP contribution in [0.25, 0.3) is 0 Å². The fourth-order valence-corrected chi connectivity index (χ4v) is 1.98. The van der Waals surface area contributed by atoms with Gasteiger partial charge in [-0.1, -0.05) is 6.07 Å². The molecule has 7 heteroatoms. The number of halogens is 1. The number of benzene rings is 1. The Balaban J connectivity index is 2.68.